The van der Waals surface area contributed by atoms with Crippen LogP contribution in [-0.2, 0) is 9.47 Å². The molecule has 0 amide bonds. The smallest absolute Gasteiger partial charge is 0.106 e. The Morgan fingerprint density at radius 2 is 1.62 bits per heavy atom. The number of nitrogens with two attached hydrogens (primary N) is 1. The van der Waals surface area contributed by atoms with Crippen LogP contribution in [0.25, 0.3) is 0 Å². The van der Waals surface area contributed by atoms with E-state index >= 15 is 0 Å². The molecule has 2 aliphatic rings. The topological polar surface area (TPSA) is 44.5 Å². The van der Waals surface area contributed by atoms with Gasteiger partial charge in [-0.05, 0) is 37.8 Å². The van der Waals surface area contributed by atoms with E-state index < -0.39 is 0 Å². The number of allylic oxidation sites excluding steroid dienone is 3. The maximum atomic E-state index is 5.31. The fraction of sp³-hybridized carbons (Fsp3) is 0.692. The average molecular weight is 225 g/mol. The minimum absolute atomic E-state index is 0.556. The van der Waals surface area contributed by atoms with Crippen molar-refractivity contribution in [3.8, 4) is 0 Å². The highest BCUT2D eigenvalue weighted by Gasteiger charge is 1.99. The predicted octanol–water partition coefficient (Wildman–Crippen LogP) is 2.73. The van der Waals surface area contributed by atoms with Crippen LogP contribution in [0, 0.1) is 0 Å². The lowest BCUT2D eigenvalue weighted by molar-refractivity contribution is 0.186. The molecule has 0 radical (unpaired) electrons. The van der Waals surface area contributed by atoms with E-state index in [0.717, 1.165) is 38.2 Å². The van der Waals surface area contributed by atoms with Crippen molar-refractivity contribution < 1.29 is 9.47 Å². The van der Waals surface area contributed by atoms with Gasteiger partial charge in [0.05, 0.1) is 25.5 Å². The number of hydrogen-bond acceptors (Lipinski definition) is 3. The van der Waals surface area contributed by atoms with Crippen LogP contribution < -0.4 is 5.73 Å². The van der Waals surface area contributed by atoms with E-state index in [-0.39, 0.29) is 0 Å². The van der Waals surface area contributed by atoms with Crippen molar-refractivity contribution in [2.75, 3.05) is 19.8 Å². The molecule has 0 aliphatic carbocycles. The molecule has 2 aliphatic heterocycles. The van der Waals surface area contributed by atoms with Crippen LogP contribution in [0.3, 0.4) is 0 Å². The summed E-state index contributed by atoms with van der Waals surface area (Å²) in [7, 11) is 0. The zero-order valence-corrected chi connectivity index (χ0v) is 10.2. The van der Waals surface area contributed by atoms with Gasteiger partial charge in [0.25, 0.3) is 0 Å². The zero-order valence-electron chi connectivity index (χ0n) is 10.2. The molecule has 0 fully saturated rings. The Bertz CT molecular complexity index is 220. The monoisotopic (exact) mass is 225 g/mol. The summed E-state index contributed by atoms with van der Waals surface area (Å²) in [5, 5.41) is 0. The summed E-state index contributed by atoms with van der Waals surface area (Å²) in [5.41, 5.74) is 5.31. The molecule has 2 N–H and O–H groups in total. The predicted molar refractivity (Wildman–Crippen MR) is 65.9 cm³/mol. The van der Waals surface area contributed by atoms with E-state index in [2.05, 4.69) is 19.1 Å². The highest BCUT2D eigenvalue weighted by molar-refractivity contribution is 4.96. The molecule has 0 aromatic rings. The molecule has 92 valence electrons. The fourth-order valence-electron chi connectivity index (χ4n) is 1.61. The largest absolute Gasteiger partial charge is 0.498 e. The zero-order chi connectivity index (χ0) is 11.6. The highest BCUT2D eigenvalue weighted by Crippen LogP contribution is 2.11. The normalized spacial score (nSPS) is 19.4. The second-order valence-corrected chi connectivity index (χ2v) is 3.88. The Morgan fingerprint density at radius 3 is 1.88 bits per heavy atom. The van der Waals surface area contributed by atoms with E-state index in [4.69, 9.17) is 15.2 Å². The summed E-state index contributed by atoms with van der Waals surface area (Å²) in [5.74, 6) is 2.13. The minimum Gasteiger partial charge on any atom is -0.498 e. The van der Waals surface area contributed by atoms with Gasteiger partial charge >= 0.3 is 0 Å². The molecule has 0 aromatic carbocycles. The Morgan fingerprint density at radius 1 is 1.06 bits per heavy atom. The summed E-state index contributed by atoms with van der Waals surface area (Å²) in [6, 6.07) is 0. The van der Waals surface area contributed by atoms with Gasteiger partial charge in [0, 0.05) is 6.42 Å². The lowest BCUT2D eigenvalue weighted by Crippen LogP contribution is -2.10. The van der Waals surface area contributed by atoms with Crippen molar-refractivity contribution >= 4 is 0 Å². The average Bonchev–Trinajstić information content (AvgIpc) is 2.41. The van der Waals surface area contributed by atoms with Crippen LogP contribution in [0.2, 0.25) is 0 Å². The molecular weight excluding hydrogens is 202 g/mol. The van der Waals surface area contributed by atoms with Gasteiger partial charge in [-0.3, -0.25) is 0 Å². The van der Waals surface area contributed by atoms with E-state index in [1.165, 1.54) is 18.6 Å². The molecule has 2 heterocycles. The van der Waals surface area contributed by atoms with Crippen LogP contribution in [0.5, 0.6) is 0 Å². The van der Waals surface area contributed by atoms with Gasteiger partial charge in [0.15, 0.2) is 0 Å². The molecule has 3 nitrogen and oxygen atoms in total. The van der Waals surface area contributed by atoms with E-state index in [1.807, 2.05) is 0 Å². The lowest BCUT2D eigenvalue weighted by Gasteiger charge is -2.12. The van der Waals surface area contributed by atoms with Crippen molar-refractivity contribution in [2.45, 2.75) is 39.0 Å². The SMILES string of the molecule is CCC1=CCCCO1.NCC1=CCCCO1. The summed E-state index contributed by atoms with van der Waals surface area (Å²) in [6.07, 6.45) is 9.98. The Kier molecular flexibility index (Phi) is 6.74. The van der Waals surface area contributed by atoms with Crippen LogP contribution in [0.4, 0.5) is 0 Å². The van der Waals surface area contributed by atoms with Gasteiger partial charge in [-0.1, -0.05) is 6.92 Å². The first kappa shape index (κ1) is 13.1. The maximum absolute atomic E-state index is 5.31. The summed E-state index contributed by atoms with van der Waals surface area (Å²) < 4.78 is 10.5. The summed E-state index contributed by atoms with van der Waals surface area (Å²) in [4.78, 5) is 0. The van der Waals surface area contributed by atoms with Crippen molar-refractivity contribution in [1.29, 1.82) is 0 Å². The molecule has 3 heteroatoms. The van der Waals surface area contributed by atoms with Crippen molar-refractivity contribution in [2.24, 2.45) is 5.73 Å². The molecule has 0 saturated heterocycles. The van der Waals surface area contributed by atoms with Gasteiger partial charge in [0.2, 0.25) is 0 Å². The molecule has 0 saturated carbocycles. The van der Waals surface area contributed by atoms with Gasteiger partial charge < -0.3 is 15.2 Å². The van der Waals surface area contributed by atoms with E-state index in [1.54, 1.807) is 0 Å². The summed E-state index contributed by atoms with van der Waals surface area (Å²) in [6.45, 7) is 4.46. The molecule has 16 heavy (non-hydrogen) atoms. The first-order chi connectivity index (χ1) is 7.86. The number of rotatable bonds is 2. The number of ether oxygens (including phenoxy) is 2. The Labute approximate surface area is 98.3 Å². The highest BCUT2D eigenvalue weighted by atomic mass is 16.5. The van der Waals surface area contributed by atoms with Crippen molar-refractivity contribution in [3.63, 3.8) is 0 Å². The summed E-state index contributed by atoms with van der Waals surface area (Å²) >= 11 is 0. The first-order valence-corrected chi connectivity index (χ1v) is 6.20. The quantitative estimate of drug-likeness (QED) is 0.786. The molecule has 0 unspecified atom stereocenters. The molecule has 0 spiro atoms. The third-order valence-corrected chi connectivity index (χ3v) is 2.57. The van der Waals surface area contributed by atoms with Gasteiger partial charge in [-0.15, -0.1) is 0 Å². The van der Waals surface area contributed by atoms with Crippen LogP contribution in [-0.4, -0.2) is 19.8 Å². The van der Waals surface area contributed by atoms with E-state index in [9.17, 15) is 0 Å². The Balaban J connectivity index is 0.000000160. The fourth-order valence-corrected chi connectivity index (χ4v) is 1.61. The molecule has 0 aromatic heterocycles. The molecule has 0 bridgehead atoms. The van der Waals surface area contributed by atoms with Crippen molar-refractivity contribution in [3.05, 3.63) is 23.7 Å². The molecule has 0 atom stereocenters. The van der Waals surface area contributed by atoms with Crippen LogP contribution in [0.1, 0.15) is 39.0 Å². The third-order valence-electron chi connectivity index (χ3n) is 2.57. The minimum atomic E-state index is 0.556. The Hall–Kier alpha value is -0.960. The van der Waals surface area contributed by atoms with Crippen molar-refractivity contribution in [1.82, 2.24) is 0 Å². The second-order valence-electron chi connectivity index (χ2n) is 3.88. The third kappa shape index (κ3) is 5.21. The van der Waals surface area contributed by atoms with Crippen LogP contribution >= 0.6 is 0 Å². The van der Waals surface area contributed by atoms with Gasteiger partial charge in [0.1, 0.15) is 5.76 Å². The standard InChI is InChI=1S/C7H12O.C6H11NO/c1-2-7-5-3-4-6-8-7;7-5-6-3-1-2-4-8-6/h5H,2-4,6H2,1H3;3H,1-2,4-5,7H2. The number of hydrogen-bond donors (Lipinski definition) is 1. The maximum Gasteiger partial charge on any atom is 0.106 e. The van der Waals surface area contributed by atoms with Gasteiger partial charge in [-0.2, -0.15) is 0 Å². The first-order valence-electron chi connectivity index (χ1n) is 6.20. The van der Waals surface area contributed by atoms with Crippen LogP contribution in [0.15, 0.2) is 23.7 Å². The van der Waals surface area contributed by atoms with Gasteiger partial charge in [-0.25, -0.2) is 0 Å². The van der Waals surface area contributed by atoms with E-state index in [0.29, 0.717) is 6.54 Å². The molecular formula is C13H23NO2. The second kappa shape index (κ2) is 8.22. The lowest BCUT2D eigenvalue weighted by atomic mass is 10.2. The molecule has 2 rings (SSSR count).